The van der Waals surface area contributed by atoms with E-state index < -0.39 is 5.92 Å². The van der Waals surface area contributed by atoms with Gasteiger partial charge >= 0.3 is 0 Å². The minimum Gasteiger partial charge on any atom is -0.511 e. The Labute approximate surface area is 116 Å². The lowest BCUT2D eigenvalue weighted by molar-refractivity contribution is -0.124. The zero-order valence-electron chi connectivity index (χ0n) is 12.4. The third kappa shape index (κ3) is 4.73. The molecular weight excluding hydrogens is 238 g/mol. The standard InChI is InChI=1S/C16H27NO2/c1-4-5-6-7-11-17-16(19)14-10-8-9-13(12(2)3)15(14)18/h8-9,12,14,18H,4-7,10-11H2,1-3H3,(H,17,19). The number of nitrogens with one attached hydrogen (secondary N) is 1. The van der Waals surface area contributed by atoms with Crippen LogP contribution < -0.4 is 5.32 Å². The second kappa shape index (κ2) is 8.03. The van der Waals surface area contributed by atoms with Crippen LogP contribution in [0.1, 0.15) is 52.9 Å². The maximum Gasteiger partial charge on any atom is 0.231 e. The smallest absolute Gasteiger partial charge is 0.231 e. The van der Waals surface area contributed by atoms with Gasteiger partial charge < -0.3 is 10.4 Å². The lowest BCUT2D eigenvalue weighted by Crippen LogP contribution is -2.33. The molecule has 0 aromatic heterocycles. The molecule has 108 valence electrons. The Morgan fingerprint density at radius 2 is 2.16 bits per heavy atom. The normalized spacial score (nSPS) is 19.1. The van der Waals surface area contributed by atoms with Gasteiger partial charge in [0.05, 0.1) is 5.92 Å². The fourth-order valence-corrected chi connectivity index (χ4v) is 2.34. The van der Waals surface area contributed by atoms with Crippen molar-refractivity contribution in [1.29, 1.82) is 0 Å². The summed E-state index contributed by atoms with van der Waals surface area (Å²) in [6.07, 6.45) is 9.10. The third-order valence-electron chi connectivity index (χ3n) is 3.56. The van der Waals surface area contributed by atoms with Crippen molar-refractivity contribution in [2.45, 2.75) is 52.9 Å². The lowest BCUT2D eigenvalue weighted by Gasteiger charge is -2.22. The first kappa shape index (κ1) is 15.8. The molecule has 0 aromatic rings. The lowest BCUT2D eigenvalue weighted by atomic mass is 9.88. The average Bonchev–Trinajstić information content (AvgIpc) is 2.38. The van der Waals surface area contributed by atoms with Crippen LogP contribution in [0.3, 0.4) is 0 Å². The van der Waals surface area contributed by atoms with Crippen LogP contribution >= 0.6 is 0 Å². The summed E-state index contributed by atoms with van der Waals surface area (Å²) in [6.45, 7) is 6.94. The molecule has 19 heavy (non-hydrogen) atoms. The highest BCUT2D eigenvalue weighted by atomic mass is 16.3. The second-order valence-electron chi connectivity index (χ2n) is 5.54. The van der Waals surface area contributed by atoms with Gasteiger partial charge in [0.2, 0.25) is 5.91 Å². The Kier molecular flexibility index (Phi) is 6.68. The summed E-state index contributed by atoms with van der Waals surface area (Å²) < 4.78 is 0. The van der Waals surface area contributed by atoms with Crippen molar-refractivity contribution < 1.29 is 9.90 Å². The molecule has 1 unspecified atom stereocenters. The predicted octanol–water partition coefficient (Wildman–Crippen LogP) is 3.73. The van der Waals surface area contributed by atoms with E-state index in [1.807, 2.05) is 26.0 Å². The van der Waals surface area contributed by atoms with Crippen molar-refractivity contribution in [3.05, 3.63) is 23.5 Å². The summed E-state index contributed by atoms with van der Waals surface area (Å²) in [6, 6.07) is 0. The molecule has 1 atom stereocenters. The van der Waals surface area contributed by atoms with Gasteiger partial charge in [-0.2, -0.15) is 0 Å². The van der Waals surface area contributed by atoms with Crippen molar-refractivity contribution >= 4 is 5.91 Å². The number of amides is 1. The summed E-state index contributed by atoms with van der Waals surface area (Å²) in [4.78, 5) is 12.1. The number of hydrogen-bond acceptors (Lipinski definition) is 2. The van der Waals surface area contributed by atoms with Crippen molar-refractivity contribution in [1.82, 2.24) is 5.32 Å². The second-order valence-corrected chi connectivity index (χ2v) is 5.54. The van der Waals surface area contributed by atoms with E-state index in [1.165, 1.54) is 12.8 Å². The van der Waals surface area contributed by atoms with E-state index in [0.717, 1.165) is 18.4 Å². The molecule has 1 aliphatic rings. The molecule has 1 rings (SSSR count). The fourth-order valence-electron chi connectivity index (χ4n) is 2.34. The number of hydrogen-bond donors (Lipinski definition) is 2. The summed E-state index contributed by atoms with van der Waals surface area (Å²) >= 11 is 0. The van der Waals surface area contributed by atoms with Gasteiger partial charge in [-0.1, -0.05) is 52.2 Å². The molecule has 0 aliphatic heterocycles. The van der Waals surface area contributed by atoms with Crippen LogP contribution in [-0.2, 0) is 4.79 Å². The average molecular weight is 265 g/mol. The van der Waals surface area contributed by atoms with E-state index in [2.05, 4.69) is 12.2 Å². The van der Waals surface area contributed by atoms with Crippen LogP contribution in [0.25, 0.3) is 0 Å². The van der Waals surface area contributed by atoms with Crippen LogP contribution in [0, 0.1) is 11.8 Å². The number of aliphatic hydroxyl groups excluding tert-OH is 1. The minimum absolute atomic E-state index is 0.0449. The van der Waals surface area contributed by atoms with E-state index in [1.54, 1.807) is 0 Å². The predicted molar refractivity (Wildman–Crippen MR) is 78.9 cm³/mol. The minimum atomic E-state index is -0.395. The topological polar surface area (TPSA) is 49.3 Å². The molecular formula is C16H27NO2. The molecule has 3 nitrogen and oxygen atoms in total. The van der Waals surface area contributed by atoms with Crippen molar-refractivity contribution in [3.8, 4) is 0 Å². The van der Waals surface area contributed by atoms with Crippen molar-refractivity contribution in [2.75, 3.05) is 6.54 Å². The monoisotopic (exact) mass is 265 g/mol. The zero-order valence-corrected chi connectivity index (χ0v) is 12.4. The Balaban J connectivity index is 2.47. The number of unbranched alkanes of at least 4 members (excludes halogenated alkanes) is 3. The zero-order chi connectivity index (χ0) is 14.3. The van der Waals surface area contributed by atoms with Gasteiger partial charge in [-0.05, 0) is 24.3 Å². The van der Waals surface area contributed by atoms with E-state index in [4.69, 9.17) is 0 Å². The molecule has 0 bridgehead atoms. The molecule has 1 aliphatic carbocycles. The van der Waals surface area contributed by atoms with E-state index in [9.17, 15) is 9.90 Å². The number of aliphatic hydroxyl groups is 1. The summed E-state index contributed by atoms with van der Waals surface area (Å²) in [5.74, 6) is 0.0602. The highest BCUT2D eigenvalue weighted by molar-refractivity contribution is 5.81. The van der Waals surface area contributed by atoms with Crippen molar-refractivity contribution in [3.63, 3.8) is 0 Å². The quantitative estimate of drug-likeness (QED) is 0.689. The Morgan fingerprint density at radius 3 is 2.79 bits per heavy atom. The van der Waals surface area contributed by atoms with Crippen molar-refractivity contribution in [2.24, 2.45) is 11.8 Å². The number of carbonyl (C=O) groups excluding carboxylic acids is 1. The molecule has 0 saturated carbocycles. The first-order valence-corrected chi connectivity index (χ1v) is 7.45. The Hall–Kier alpha value is -1.25. The maximum absolute atomic E-state index is 12.1. The molecule has 3 heteroatoms. The molecule has 0 saturated heterocycles. The van der Waals surface area contributed by atoms with Gasteiger partial charge in [-0.25, -0.2) is 0 Å². The van der Waals surface area contributed by atoms with Gasteiger partial charge in [-0.15, -0.1) is 0 Å². The summed E-state index contributed by atoms with van der Waals surface area (Å²) in [5.41, 5.74) is 0.886. The van der Waals surface area contributed by atoms with Gasteiger partial charge in [-0.3, -0.25) is 4.79 Å². The number of carbonyl (C=O) groups is 1. The molecule has 0 fully saturated rings. The van der Waals surface area contributed by atoms with Gasteiger partial charge in [0.1, 0.15) is 5.76 Å². The van der Waals surface area contributed by atoms with E-state index in [-0.39, 0.29) is 17.6 Å². The first-order chi connectivity index (χ1) is 9.07. The molecule has 2 N–H and O–H groups in total. The van der Waals surface area contributed by atoms with Gasteiger partial charge in [0.15, 0.2) is 0 Å². The first-order valence-electron chi connectivity index (χ1n) is 7.45. The van der Waals surface area contributed by atoms with Crippen LogP contribution in [0.15, 0.2) is 23.5 Å². The highest BCUT2D eigenvalue weighted by Gasteiger charge is 2.26. The molecule has 0 radical (unpaired) electrons. The SMILES string of the molecule is CCCCCCNC(=O)C1CC=CC(C(C)C)=C1O. The maximum atomic E-state index is 12.1. The number of allylic oxidation sites excluding steroid dienone is 3. The molecule has 0 aromatic carbocycles. The summed E-state index contributed by atoms with van der Waals surface area (Å²) in [5, 5.41) is 13.1. The number of rotatable bonds is 7. The Bertz CT molecular complexity index is 356. The van der Waals surface area contributed by atoms with Gasteiger partial charge in [0.25, 0.3) is 0 Å². The van der Waals surface area contributed by atoms with E-state index >= 15 is 0 Å². The van der Waals surface area contributed by atoms with Crippen LogP contribution in [-0.4, -0.2) is 17.6 Å². The summed E-state index contributed by atoms with van der Waals surface area (Å²) in [7, 11) is 0. The van der Waals surface area contributed by atoms with Crippen LogP contribution in [0.5, 0.6) is 0 Å². The highest BCUT2D eigenvalue weighted by Crippen LogP contribution is 2.27. The largest absolute Gasteiger partial charge is 0.511 e. The molecule has 1 amide bonds. The van der Waals surface area contributed by atoms with E-state index in [0.29, 0.717) is 13.0 Å². The van der Waals surface area contributed by atoms with Crippen LogP contribution in [0.2, 0.25) is 0 Å². The third-order valence-corrected chi connectivity index (χ3v) is 3.56. The van der Waals surface area contributed by atoms with Crippen LogP contribution in [0.4, 0.5) is 0 Å². The fraction of sp³-hybridized carbons (Fsp3) is 0.688. The van der Waals surface area contributed by atoms with Gasteiger partial charge in [0, 0.05) is 6.54 Å². The molecule has 0 spiro atoms. The molecule has 0 heterocycles. The Morgan fingerprint density at radius 1 is 1.42 bits per heavy atom.